The fraction of sp³-hybridized carbons (Fsp3) is 0.562. The van der Waals surface area contributed by atoms with Crippen LogP contribution >= 0.6 is 11.8 Å². The Morgan fingerprint density at radius 3 is 2.53 bits per heavy atom. The van der Waals surface area contributed by atoms with Crippen molar-refractivity contribution < 1.29 is 19.4 Å². The van der Waals surface area contributed by atoms with Crippen LogP contribution in [0.3, 0.4) is 0 Å². The summed E-state index contributed by atoms with van der Waals surface area (Å²) in [5.41, 5.74) is 4.31. The van der Waals surface area contributed by atoms with Crippen LogP contribution in [0.1, 0.15) is 92.6 Å². The van der Waals surface area contributed by atoms with Crippen LogP contribution in [0.4, 0.5) is 0 Å². The molecule has 2 aromatic rings. The fourth-order valence-corrected chi connectivity index (χ4v) is 5.84. The first-order valence-corrected chi connectivity index (χ1v) is 15.6. The van der Waals surface area contributed by atoms with Crippen LogP contribution in [0.5, 0.6) is 0 Å². The zero-order chi connectivity index (χ0) is 27.3. The number of thioether (sulfide) groups is 1. The van der Waals surface area contributed by atoms with Crippen LogP contribution in [0, 0.1) is 12.8 Å². The minimum atomic E-state index is -1.01. The van der Waals surface area contributed by atoms with Gasteiger partial charge in [0.15, 0.2) is 0 Å². The number of aliphatic carboxylic acids is 1. The highest BCUT2D eigenvalue weighted by Crippen LogP contribution is 2.30. The standard InChI is InChI=1S/C32H45NO4S/c1-23-11-7-10-16-27(23)29-21-26(17-18-28(29)31(34)33-30(32(35)36)19-20-38-3)22-37-24(2)12-8-9-15-25-13-5-4-6-14-25/h7,10-11,16-18,21,24-25,30H,4-6,8-9,12-15,19-20,22H2,1-3H3,(H,33,34)(H,35,36)/t24?,30-/m0/s1. The van der Waals surface area contributed by atoms with E-state index in [-0.39, 0.29) is 12.0 Å². The minimum absolute atomic E-state index is 0.180. The van der Waals surface area contributed by atoms with E-state index in [2.05, 4.69) is 12.2 Å². The van der Waals surface area contributed by atoms with E-state index in [1.165, 1.54) is 51.4 Å². The molecule has 208 valence electrons. The Morgan fingerprint density at radius 1 is 1.05 bits per heavy atom. The molecule has 1 aliphatic rings. The van der Waals surface area contributed by atoms with Gasteiger partial charge in [0.2, 0.25) is 0 Å². The van der Waals surface area contributed by atoms with Gasteiger partial charge in [0.05, 0.1) is 12.7 Å². The van der Waals surface area contributed by atoms with Crippen LogP contribution < -0.4 is 5.32 Å². The Labute approximate surface area is 233 Å². The highest BCUT2D eigenvalue weighted by molar-refractivity contribution is 7.98. The van der Waals surface area contributed by atoms with Gasteiger partial charge in [0, 0.05) is 5.56 Å². The van der Waals surface area contributed by atoms with Crippen LogP contribution in [0.2, 0.25) is 0 Å². The lowest BCUT2D eigenvalue weighted by atomic mass is 9.85. The molecule has 6 heteroatoms. The molecule has 0 radical (unpaired) electrons. The van der Waals surface area contributed by atoms with Crippen molar-refractivity contribution in [3.63, 3.8) is 0 Å². The monoisotopic (exact) mass is 539 g/mol. The lowest BCUT2D eigenvalue weighted by molar-refractivity contribution is -0.139. The van der Waals surface area contributed by atoms with Gasteiger partial charge in [-0.25, -0.2) is 4.79 Å². The molecule has 0 saturated heterocycles. The van der Waals surface area contributed by atoms with Crippen molar-refractivity contribution in [3.8, 4) is 11.1 Å². The summed E-state index contributed by atoms with van der Waals surface area (Å²) in [4.78, 5) is 25.0. The summed E-state index contributed by atoms with van der Waals surface area (Å²) < 4.78 is 6.20. The molecular formula is C32H45NO4S. The van der Waals surface area contributed by atoms with Gasteiger partial charge in [-0.05, 0) is 79.0 Å². The number of carboxylic acids is 1. The second kappa shape index (κ2) is 15.9. The van der Waals surface area contributed by atoms with E-state index in [0.717, 1.165) is 34.6 Å². The van der Waals surface area contributed by atoms with E-state index in [4.69, 9.17) is 4.74 Å². The van der Waals surface area contributed by atoms with Crippen molar-refractivity contribution in [1.29, 1.82) is 0 Å². The second-order valence-electron chi connectivity index (χ2n) is 10.8. The van der Waals surface area contributed by atoms with Crippen molar-refractivity contribution in [1.82, 2.24) is 5.32 Å². The van der Waals surface area contributed by atoms with Crippen LogP contribution in [0.15, 0.2) is 42.5 Å². The fourth-order valence-electron chi connectivity index (χ4n) is 5.37. The number of carboxylic acid groups (broad SMARTS) is 1. The summed E-state index contributed by atoms with van der Waals surface area (Å²) in [6.07, 6.45) is 14.5. The lowest BCUT2D eigenvalue weighted by Crippen LogP contribution is -2.41. The van der Waals surface area contributed by atoms with E-state index >= 15 is 0 Å². The third kappa shape index (κ3) is 9.46. The number of hydrogen-bond acceptors (Lipinski definition) is 4. The Balaban J connectivity index is 1.65. The molecule has 2 atom stereocenters. The molecule has 0 heterocycles. The predicted octanol–water partition coefficient (Wildman–Crippen LogP) is 7.64. The summed E-state index contributed by atoms with van der Waals surface area (Å²) in [5.74, 6) is 0.224. The van der Waals surface area contributed by atoms with Gasteiger partial charge in [0.1, 0.15) is 6.04 Å². The number of hydrogen-bond donors (Lipinski definition) is 2. The van der Waals surface area contributed by atoms with Crippen molar-refractivity contribution in [2.45, 2.75) is 96.8 Å². The third-order valence-corrected chi connectivity index (χ3v) is 8.35. The summed E-state index contributed by atoms with van der Waals surface area (Å²) in [7, 11) is 0. The van der Waals surface area contributed by atoms with Crippen molar-refractivity contribution in [2.24, 2.45) is 5.92 Å². The maximum Gasteiger partial charge on any atom is 0.326 e. The van der Waals surface area contributed by atoms with Gasteiger partial charge in [-0.2, -0.15) is 11.8 Å². The lowest BCUT2D eigenvalue weighted by Gasteiger charge is -2.21. The van der Waals surface area contributed by atoms with Gasteiger partial charge in [-0.1, -0.05) is 81.7 Å². The van der Waals surface area contributed by atoms with Crippen LogP contribution in [0.25, 0.3) is 11.1 Å². The Bertz CT molecular complexity index is 1030. The highest BCUT2D eigenvalue weighted by Gasteiger charge is 2.23. The summed E-state index contributed by atoms with van der Waals surface area (Å²) in [5, 5.41) is 12.3. The third-order valence-electron chi connectivity index (χ3n) is 7.71. The average molecular weight is 540 g/mol. The van der Waals surface area contributed by atoms with Gasteiger partial charge in [0.25, 0.3) is 5.91 Å². The number of carbonyl (C=O) groups is 2. The van der Waals surface area contributed by atoms with E-state index in [9.17, 15) is 14.7 Å². The maximum absolute atomic E-state index is 13.3. The predicted molar refractivity (Wildman–Crippen MR) is 158 cm³/mol. The molecule has 3 rings (SSSR count). The van der Waals surface area contributed by atoms with Crippen LogP contribution in [-0.2, 0) is 16.1 Å². The second-order valence-corrected chi connectivity index (χ2v) is 11.7. The number of amides is 1. The number of nitrogens with one attached hydrogen (secondary N) is 1. The first-order chi connectivity index (χ1) is 18.4. The smallest absolute Gasteiger partial charge is 0.326 e. The Kier molecular flexibility index (Phi) is 12.7. The molecule has 1 unspecified atom stereocenters. The quantitative estimate of drug-likeness (QED) is 0.227. The molecule has 1 saturated carbocycles. The molecule has 0 aliphatic heterocycles. The topological polar surface area (TPSA) is 75.6 Å². The number of benzene rings is 2. The molecule has 5 nitrogen and oxygen atoms in total. The Hall–Kier alpha value is -2.31. The molecule has 1 amide bonds. The summed E-state index contributed by atoms with van der Waals surface area (Å²) >= 11 is 1.57. The Morgan fingerprint density at radius 2 is 1.82 bits per heavy atom. The number of ether oxygens (including phenoxy) is 1. The first kappa shape index (κ1) is 30.2. The summed E-state index contributed by atoms with van der Waals surface area (Å²) in [6, 6.07) is 12.8. The molecule has 38 heavy (non-hydrogen) atoms. The molecule has 0 spiro atoms. The maximum atomic E-state index is 13.3. The number of carbonyl (C=O) groups excluding carboxylic acids is 1. The minimum Gasteiger partial charge on any atom is -0.480 e. The van der Waals surface area contributed by atoms with Crippen molar-refractivity contribution in [2.75, 3.05) is 12.0 Å². The molecule has 0 aromatic heterocycles. The van der Waals surface area contributed by atoms with Gasteiger partial charge >= 0.3 is 5.97 Å². The summed E-state index contributed by atoms with van der Waals surface area (Å²) in [6.45, 7) is 4.65. The normalized spacial score (nSPS) is 15.7. The zero-order valence-electron chi connectivity index (χ0n) is 23.3. The molecule has 1 aliphatic carbocycles. The highest BCUT2D eigenvalue weighted by atomic mass is 32.2. The molecule has 2 aromatic carbocycles. The number of aryl methyl sites for hydroxylation is 1. The largest absolute Gasteiger partial charge is 0.480 e. The SMILES string of the molecule is CSCC[C@H](NC(=O)c1ccc(COC(C)CCCCC2CCCCC2)cc1-c1ccccc1C)C(=O)O. The number of unbranched alkanes of at least 4 members (excludes halogenated alkanes) is 1. The van der Waals surface area contributed by atoms with Crippen molar-refractivity contribution in [3.05, 3.63) is 59.2 Å². The average Bonchev–Trinajstić information content (AvgIpc) is 2.92. The van der Waals surface area contributed by atoms with Gasteiger partial charge < -0.3 is 15.2 Å². The van der Waals surface area contributed by atoms with Crippen LogP contribution in [-0.4, -0.2) is 41.1 Å². The van der Waals surface area contributed by atoms with E-state index in [1.54, 1.807) is 17.8 Å². The van der Waals surface area contributed by atoms with E-state index in [1.807, 2.05) is 49.6 Å². The molecule has 0 bridgehead atoms. The first-order valence-electron chi connectivity index (χ1n) is 14.2. The molecule has 1 fully saturated rings. The number of rotatable bonds is 15. The molecule has 2 N–H and O–H groups in total. The van der Waals surface area contributed by atoms with E-state index in [0.29, 0.717) is 24.3 Å². The zero-order valence-corrected chi connectivity index (χ0v) is 24.2. The van der Waals surface area contributed by atoms with Gasteiger partial charge in [-0.15, -0.1) is 0 Å². The van der Waals surface area contributed by atoms with Crippen molar-refractivity contribution >= 4 is 23.6 Å². The molecular weight excluding hydrogens is 494 g/mol. The van der Waals surface area contributed by atoms with E-state index < -0.39 is 12.0 Å². The van der Waals surface area contributed by atoms with Gasteiger partial charge in [-0.3, -0.25) is 4.79 Å².